The van der Waals surface area contributed by atoms with Crippen LogP contribution in [-0.4, -0.2) is 59.5 Å². The first-order valence-electron chi connectivity index (χ1n) is 10.0. The Bertz CT molecular complexity index is 566. The Balaban J connectivity index is 2.89. The van der Waals surface area contributed by atoms with Crippen molar-refractivity contribution in [2.45, 2.75) is 90.8 Å². The summed E-state index contributed by atoms with van der Waals surface area (Å²) < 4.78 is 10.3. The monoisotopic (exact) mass is 398 g/mol. The molecule has 0 aromatic heterocycles. The normalized spacial score (nSPS) is 14.8. The second-order valence-corrected chi connectivity index (χ2v) is 8.02. The van der Waals surface area contributed by atoms with Gasteiger partial charge in [0.25, 0.3) is 0 Å². The van der Waals surface area contributed by atoms with E-state index in [4.69, 9.17) is 9.47 Å². The van der Waals surface area contributed by atoms with Crippen LogP contribution in [0.25, 0.3) is 0 Å². The van der Waals surface area contributed by atoms with E-state index in [1.165, 1.54) is 4.90 Å². The second-order valence-electron chi connectivity index (χ2n) is 8.02. The van der Waals surface area contributed by atoms with Gasteiger partial charge in [0.1, 0.15) is 18.2 Å². The molecule has 1 aliphatic rings. The Morgan fingerprint density at radius 1 is 1.11 bits per heavy atom. The molecule has 0 aromatic carbocycles. The summed E-state index contributed by atoms with van der Waals surface area (Å²) in [7, 11) is 0. The highest BCUT2D eigenvalue weighted by Crippen LogP contribution is 2.27. The predicted octanol–water partition coefficient (Wildman–Crippen LogP) is 1.95. The molecule has 0 spiro atoms. The van der Waals surface area contributed by atoms with Gasteiger partial charge in [-0.05, 0) is 47.0 Å². The number of ether oxygens (including phenoxy) is 2. The molecular formula is C20H34N2O6. The molecule has 8 nitrogen and oxygen atoms in total. The summed E-state index contributed by atoms with van der Waals surface area (Å²) in [6.07, 6.45) is 3.10. The number of nitrogens with one attached hydrogen (secondary N) is 1. The molecule has 28 heavy (non-hydrogen) atoms. The zero-order chi connectivity index (χ0) is 21.3. The Morgan fingerprint density at radius 2 is 1.75 bits per heavy atom. The average molecular weight is 399 g/mol. The first-order valence-corrected chi connectivity index (χ1v) is 10.0. The minimum Gasteiger partial charge on any atom is -0.465 e. The van der Waals surface area contributed by atoms with Crippen LogP contribution in [0.3, 0.4) is 0 Å². The van der Waals surface area contributed by atoms with Gasteiger partial charge in [-0.2, -0.15) is 0 Å². The summed E-state index contributed by atoms with van der Waals surface area (Å²) in [4.78, 5) is 50.8. The van der Waals surface area contributed by atoms with Gasteiger partial charge in [0.15, 0.2) is 0 Å². The number of nitrogens with zero attached hydrogens (tertiary/aromatic N) is 1. The number of rotatable bonds is 11. The molecular weight excluding hydrogens is 364 g/mol. The summed E-state index contributed by atoms with van der Waals surface area (Å²) in [5.41, 5.74) is -0.696. The van der Waals surface area contributed by atoms with Crippen LogP contribution in [0.1, 0.15) is 73.1 Å². The van der Waals surface area contributed by atoms with E-state index in [-0.39, 0.29) is 37.9 Å². The summed E-state index contributed by atoms with van der Waals surface area (Å²) in [6, 6.07) is -1.13. The maximum atomic E-state index is 13.1. The predicted molar refractivity (Wildman–Crippen MR) is 103 cm³/mol. The first kappa shape index (κ1) is 23.9. The SMILES string of the molecule is CCCCC(=O)N[C@@H](CC(=O)OC(C)(C)C)C(=O)N(CC(=O)OCC)C1CC1. The van der Waals surface area contributed by atoms with Crippen LogP contribution < -0.4 is 5.32 Å². The summed E-state index contributed by atoms with van der Waals surface area (Å²) in [5, 5.41) is 2.65. The standard InChI is InChI=1S/C20H34N2O6/c1-6-8-9-16(23)21-15(12-17(24)28-20(3,4)5)19(26)22(14-10-11-14)13-18(25)27-7-2/h14-15H,6-13H2,1-5H3,(H,21,23)/t15-/m0/s1. The van der Waals surface area contributed by atoms with Gasteiger partial charge in [0.2, 0.25) is 11.8 Å². The number of esters is 2. The first-order chi connectivity index (χ1) is 13.1. The maximum Gasteiger partial charge on any atom is 0.325 e. The lowest BCUT2D eigenvalue weighted by molar-refractivity contribution is -0.158. The largest absolute Gasteiger partial charge is 0.465 e. The second kappa shape index (κ2) is 11.0. The topological polar surface area (TPSA) is 102 Å². The minimum atomic E-state index is -1.06. The van der Waals surface area contributed by atoms with Crippen LogP contribution in [0.15, 0.2) is 0 Å². The molecule has 1 rings (SSSR count). The van der Waals surface area contributed by atoms with Crippen LogP contribution in [0.5, 0.6) is 0 Å². The number of amides is 2. The van der Waals surface area contributed by atoms with Crippen molar-refractivity contribution in [1.82, 2.24) is 10.2 Å². The van der Waals surface area contributed by atoms with E-state index in [0.717, 1.165) is 19.3 Å². The fourth-order valence-electron chi connectivity index (χ4n) is 2.67. The molecule has 2 amide bonds. The van der Waals surface area contributed by atoms with Gasteiger partial charge < -0.3 is 19.7 Å². The third-order valence-electron chi connectivity index (χ3n) is 4.06. The van der Waals surface area contributed by atoms with Gasteiger partial charge in [0, 0.05) is 12.5 Å². The van der Waals surface area contributed by atoms with Crippen molar-refractivity contribution in [2.75, 3.05) is 13.2 Å². The number of carbonyl (C=O) groups is 4. The van der Waals surface area contributed by atoms with E-state index < -0.39 is 29.5 Å². The molecule has 1 aliphatic carbocycles. The summed E-state index contributed by atoms with van der Waals surface area (Å²) in [5.74, 6) is -1.83. The van der Waals surface area contributed by atoms with Crippen LogP contribution in [-0.2, 0) is 28.7 Å². The molecule has 1 N–H and O–H groups in total. The smallest absolute Gasteiger partial charge is 0.325 e. The van der Waals surface area contributed by atoms with Gasteiger partial charge in [-0.25, -0.2) is 0 Å². The zero-order valence-electron chi connectivity index (χ0n) is 17.7. The van der Waals surface area contributed by atoms with Crippen molar-refractivity contribution in [3.8, 4) is 0 Å². The highest BCUT2D eigenvalue weighted by Gasteiger charge is 2.39. The molecule has 1 fully saturated rings. The number of carbonyl (C=O) groups excluding carboxylic acids is 4. The van der Waals surface area contributed by atoms with E-state index in [9.17, 15) is 19.2 Å². The maximum absolute atomic E-state index is 13.1. The quantitative estimate of drug-likeness (QED) is 0.534. The van der Waals surface area contributed by atoms with E-state index in [2.05, 4.69) is 5.32 Å². The number of hydrogen-bond acceptors (Lipinski definition) is 6. The molecule has 0 heterocycles. The number of unbranched alkanes of at least 4 members (excludes halogenated alkanes) is 1. The van der Waals surface area contributed by atoms with E-state index in [1.54, 1.807) is 27.7 Å². The molecule has 160 valence electrons. The Kier molecular flexibility index (Phi) is 9.41. The number of hydrogen-bond donors (Lipinski definition) is 1. The molecule has 0 unspecified atom stereocenters. The van der Waals surface area contributed by atoms with Crippen molar-refractivity contribution in [1.29, 1.82) is 0 Å². The molecule has 1 saturated carbocycles. The van der Waals surface area contributed by atoms with E-state index in [1.807, 2.05) is 6.92 Å². The summed E-state index contributed by atoms with van der Waals surface area (Å²) in [6.45, 7) is 8.90. The lowest BCUT2D eigenvalue weighted by Crippen LogP contribution is -2.52. The van der Waals surface area contributed by atoms with Gasteiger partial charge >= 0.3 is 11.9 Å². The molecule has 1 atom stereocenters. The van der Waals surface area contributed by atoms with Crippen molar-refractivity contribution in [3.63, 3.8) is 0 Å². The molecule has 8 heteroatoms. The Hall–Kier alpha value is -2.12. The lowest BCUT2D eigenvalue weighted by Gasteiger charge is -2.28. The van der Waals surface area contributed by atoms with Crippen molar-refractivity contribution < 1.29 is 28.7 Å². The van der Waals surface area contributed by atoms with E-state index >= 15 is 0 Å². The Morgan fingerprint density at radius 3 is 2.25 bits per heavy atom. The molecule has 0 saturated heterocycles. The average Bonchev–Trinajstić information content (AvgIpc) is 3.40. The molecule has 0 bridgehead atoms. The highest BCUT2D eigenvalue weighted by molar-refractivity contribution is 5.93. The van der Waals surface area contributed by atoms with Crippen molar-refractivity contribution in [2.24, 2.45) is 0 Å². The fourth-order valence-corrected chi connectivity index (χ4v) is 2.67. The van der Waals surface area contributed by atoms with E-state index in [0.29, 0.717) is 6.42 Å². The van der Waals surface area contributed by atoms with Crippen LogP contribution in [0.4, 0.5) is 0 Å². The van der Waals surface area contributed by atoms with Crippen LogP contribution in [0.2, 0.25) is 0 Å². The van der Waals surface area contributed by atoms with Crippen LogP contribution >= 0.6 is 0 Å². The van der Waals surface area contributed by atoms with Gasteiger partial charge in [-0.3, -0.25) is 19.2 Å². The minimum absolute atomic E-state index is 0.0643. The zero-order valence-corrected chi connectivity index (χ0v) is 17.7. The lowest BCUT2D eigenvalue weighted by atomic mass is 10.1. The molecule has 0 aromatic rings. The van der Waals surface area contributed by atoms with Crippen molar-refractivity contribution >= 4 is 23.8 Å². The molecule has 0 radical (unpaired) electrons. The van der Waals surface area contributed by atoms with Crippen molar-refractivity contribution in [3.05, 3.63) is 0 Å². The highest BCUT2D eigenvalue weighted by atomic mass is 16.6. The summed E-state index contributed by atoms with van der Waals surface area (Å²) >= 11 is 0. The third-order valence-corrected chi connectivity index (χ3v) is 4.06. The fraction of sp³-hybridized carbons (Fsp3) is 0.800. The van der Waals surface area contributed by atoms with Crippen LogP contribution in [0, 0.1) is 0 Å². The molecule has 0 aliphatic heterocycles. The van der Waals surface area contributed by atoms with Gasteiger partial charge in [-0.15, -0.1) is 0 Å². The Labute approximate surface area is 167 Å². The third kappa shape index (κ3) is 9.19. The van der Waals surface area contributed by atoms with Gasteiger partial charge in [0.05, 0.1) is 13.0 Å². The van der Waals surface area contributed by atoms with Gasteiger partial charge in [-0.1, -0.05) is 13.3 Å².